The Bertz CT molecular complexity index is 1190. The van der Waals surface area contributed by atoms with Crippen LogP contribution in [0.3, 0.4) is 0 Å². The van der Waals surface area contributed by atoms with E-state index in [-0.39, 0.29) is 47.6 Å². The fraction of sp³-hybridized carbons (Fsp3) is 0.409. The summed E-state index contributed by atoms with van der Waals surface area (Å²) in [5.41, 5.74) is 1.02. The number of fused-ring (bicyclic) bond motifs is 4. The van der Waals surface area contributed by atoms with E-state index < -0.39 is 16.0 Å². The highest BCUT2D eigenvalue weighted by atomic mass is 32.2. The molecule has 1 aromatic carbocycles. The Hall–Kier alpha value is -3.14. The smallest absolute Gasteiger partial charge is 0.303 e. The Balaban J connectivity index is 1.51. The third-order valence-electron chi connectivity index (χ3n) is 5.97. The van der Waals surface area contributed by atoms with Crippen molar-refractivity contribution in [1.82, 2.24) is 9.47 Å². The van der Waals surface area contributed by atoms with Crippen molar-refractivity contribution < 1.29 is 23.1 Å². The maximum absolute atomic E-state index is 13.1. The fourth-order valence-electron chi connectivity index (χ4n) is 4.60. The first-order chi connectivity index (χ1) is 15.2. The molecule has 4 rings (SSSR count). The van der Waals surface area contributed by atoms with Gasteiger partial charge in [-0.15, -0.1) is 0 Å². The van der Waals surface area contributed by atoms with Gasteiger partial charge in [0.15, 0.2) is 0 Å². The molecule has 1 amide bonds. The number of amides is 1. The van der Waals surface area contributed by atoms with Crippen LogP contribution in [-0.4, -0.2) is 48.0 Å². The molecule has 170 valence electrons. The van der Waals surface area contributed by atoms with E-state index in [1.165, 1.54) is 6.07 Å². The lowest BCUT2D eigenvalue weighted by molar-refractivity contribution is -0.141. The van der Waals surface area contributed by atoms with Gasteiger partial charge in [-0.3, -0.25) is 19.1 Å². The van der Waals surface area contributed by atoms with E-state index in [0.717, 1.165) is 12.1 Å². The number of aliphatic carboxylic acids is 1. The van der Waals surface area contributed by atoms with Gasteiger partial charge in [0.2, 0.25) is 15.9 Å². The van der Waals surface area contributed by atoms with E-state index >= 15 is 0 Å². The summed E-state index contributed by atoms with van der Waals surface area (Å²) >= 11 is 0. The van der Waals surface area contributed by atoms with Crippen LogP contribution >= 0.6 is 0 Å². The van der Waals surface area contributed by atoms with Gasteiger partial charge in [0, 0.05) is 37.7 Å². The van der Waals surface area contributed by atoms with Gasteiger partial charge in [0.25, 0.3) is 5.56 Å². The van der Waals surface area contributed by atoms with Gasteiger partial charge in [0.1, 0.15) is 5.69 Å². The normalized spacial score (nSPS) is 19.8. The van der Waals surface area contributed by atoms with Crippen molar-refractivity contribution >= 4 is 27.6 Å². The Morgan fingerprint density at radius 3 is 2.50 bits per heavy atom. The number of likely N-dealkylation sites (tertiary alicyclic amines) is 1. The molecule has 9 nitrogen and oxygen atoms in total. The summed E-state index contributed by atoms with van der Waals surface area (Å²) in [6, 6.07) is 12.0. The quantitative estimate of drug-likeness (QED) is 0.648. The van der Waals surface area contributed by atoms with E-state index in [1.54, 1.807) is 45.9 Å². The van der Waals surface area contributed by atoms with Gasteiger partial charge >= 0.3 is 5.97 Å². The molecule has 2 N–H and O–H groups in total. The van der Waals surface area contributed by atoms with E-state index in [9.17, 15) is 22.8 Å². The van der Waals surface area contributed by atoms with Gasteiger partial charge in [-0.25, -0.2) is 8.42 Å². The molecule has 2 bridgehead atoms. The molecule has 32 heavy (non-hydrogen) atoms. The maximum Gasteiger partial charge on any atom is 0.303 e. The number of aromatic nitrogens is 1. The average molecular weight is 460 g/mol. The number of anilines is 1. The first-order valence-electron chi connectivity index (χ1n) is 10.5. The molecule has 10 heteroatoms. The van der Waals surface area contributed by atoms with Crippen molar-refractivity contribution in [2.75, 3.05) is 17.8 Å². The summed E-state index contributed by atoms with van der Waals surface area (Å²) in [6.07, 6.45) is 0.595. The molecular weight excluding hydrogens is 434 g/mol. The minimum atomic E-state index is -3.75. The van der Waals surface area contributed by atoms with Crippen molar-refractivity contribution in [3.8, 4) is 0 Å². The highest BCUT2D eigenvalue weighted by Gasteiger charge is 2.36. The predicted octanol–water partition coefficient (Wildman–Crippen LogP) is 1.60. The van der Waals surface area contributed by atoms with Crippen molar-refractivity contribution in [1.29, 1.82) is 0 Å². The van der Waals surface area contributed by atoms with Crippen molar-refractivity contribution in [2.45, 2.75) is 37.5 Å². The number of hydrogen-bond acceptors (Lipinski definition) is 5. The number of nitrogens with zero attached hydrogens (tertiary/aromatic N) is 2. The predicted molar refractivity (Wildman–Crippen MR) is 118 cm³/mol. The molecule has 2 atom stereocenters. The molecule has 1 fully saturated rings. The van der Waals surface area contributed by atoms with Crippen LogP contribution in [0.4, 0.5) is 5.69 Å². The molecule has 0 aliphatic carbocycles. The zero-order valence-corrected chi connectivity index (χ0v) is 18.3. The number of sulfonamides is 1. The number of nitrogens with one attached hydrogen (secondary N) is 1. The summed E-state index contributed by atoms with van der Waals surface area (Å²) in [5.74, 6) is -1.41. The third-order valence-corrected chi connectivity index (χ3v) is 7.22. The zero-order chi connectivity index (χ0) is 22.9. The van der Waals surface area contributed by atoms with Crippen molar-refractivity contribution in [2.24, 2.45) is 5.92 Å². The molecule has 2 aromatic rings. The van der Waals surface area contributed by atoms with Gasteiger partial charge < -0.3 is 14.6 Å². The van der Waals surface area contributed by atoms with Gasteiger partial charge in [-0.2, -0.15) is 0 Å². The fourth-order valence-corrected chi connectivity index (χ4v) is 5.79. The third kappa shape index (κ3) is 4.85. The SMILES string of the molecule is O=C(O)CCC(=O)N1CC2CC(C1)c1ccc(NS(=O)(=O)Cc3ccccc3)c(=O)n1C2. The number of pyridine rings is 1. The molecule has 1 aromatic heterocycles. The lowest BCUT2D eigenvalue weighted by Crippen LogP contribution is -2.49. The lowest BCUT2D eigenvalue weighted by Gasteiger charge is -2.43. The number of carboxylic acid groups (broad SMARTS) is 1. The second-order valence-electron chi connectivity index (χ2n) is 8.43. The van der Waals surface area contributed by atoms with Crippen molar-refractivity contribution in [3.63, 3.8) is 0 Å². The van der Waals surface area contributed by atoms with Gasteiger partial charge in [0.05, 0.1) is 12.2 Å². The number of rotatable bonds is 7. The van der Waals surface area contributed by atoms with E-state index in [1.807, 2.05) is 0 Å². The Morgan fingerprint density at radius 1 is 1.03 bits per heavy atom. The summed E-state index contributed by atoms with van der Waals surface area (Å²) < 4.78 is 29.2. The number of piperidine rings is 1. The highest BCUT2D eigenvalue weighted by Crippen LogP contribution is 2.35. The monoisotopic (exact) mass is 459 g/mol. The molecule has 0 saturated carbocycles. The van der Waals surface area contributed by atoms with Gasteiger partial charge in [-0.05, 0) is 30.0 Å². The standard InChI is InChI=1S/C22H25N3O6S/c26-20(8-9-21(27)28)24-11-16-10-17(13-24)19-7-6-18(22(29)25(19)12-16)23-32(30,31)14-15-4-2-1-3-5-15/h1-7,16-17,23H,8-14H2,(H,27,28). The number of benzene rings is 1. The first-order valence-corrected chi connectivity index (χ1v) is 12.1. The largest absolute Gasteiger partial charge is 0.481 e. The van der Waals surface area contributed by atoms with Crippen LogP contribution in [0.2, 0.25) is 0 Å². The molecule has 0 radical (unpaired) electrons. The van der Waals surface area contributed by atoms with Crippen LogP contribution in [0.15, 0.2) is 47.3 Å². The van der Waals surface area contributed by atoms with Crippen LogP contribution < -0.4 is 10.3 Å². The number of carboxylic acids is 1. The Labute approximate surface area is 185 Å². The second-order valence-corrected chi connectivity index (χ2v) is 10.1. The summed E-state index contributed by atoms with van der Waals surface area (Å²) in [4.78, 5) is 37.9. The van der Waals surface area contributed by atoms with Crippen LogP contribution in [0.5, 0.6) is 0 Å². The zero-order valence-electron chi connectivity index (χ0n) is 17.4. The average Bonchev–Trinajstić information content (AvgIpc) is 2.74. The number of hydrogen-bond donors (Lipinski definition) is 2. The lowest BCUT2D eigenvalue weighted by atomic mass is 9.83. The van der Waals surface area contributed by atoms with Crippen molar-refractivity contribution in [3.05, 3.63) is 64.1 Å². The maximum atomic E-state index is 13.1. The molecule has 3 heterocycles. The van der Waals surface area contributed by atoms with E-state index in [0.29, 0.717) is 25.2 Å². The van der Waals surface area contributed by atoms with Crippen LogP contribution in [-0.2, 0) is 31.9 Å². The van der Waals surface area contributed by atoms with E-state index in [2.05, 4.69) is 4.72 Å². The van der Waals surface area contributed by atoms with Crippen LogP contribution in [0.25, 0.3) is 0 Å². The molecule has 1 saturated heterocycles. The Morgan fingerprint density at radius 2 is 1.78 bits per heavy atom. The summed E-state index contributed by atoms with van der Waals surface area (Å²) in [7, 11) is -3.75. The number of carbonyl (C=O) groups excluding carboxylic acids is 1. The molecule has 2 aliphatic heterocycles. The minimum absolute atomic E-state index is 0.0130. The van der Waals surface area contributed by atoms with Crippen LogP contribution in [0, 0.1) is 5.92 Å². The molecule has 0 spiro atoms. The minimum Gasteiger partial charge on any atom is -0.481 e. The molecular formula is C22H25N3O6S. The molecule has 2 unspecified atom stereocenters. The van der Waals surface area contributed by atoms with Crippen LogP contribution in [0.1, 0.15) is 36.4 Å². The first kappa shape index (κ1) is 22.1. The van der Waals surface area contributed by atoms with Gasteiger partial charge in [-0.1, -0.05) is 30.3 Å². The topological polar surface area (TPSA) is 126 Å². The highest BCUT2D eigenvalue weighted by molar-refractivity contribution is 7.91. The molecule has 2 aliphatic rings. The summed E-state index contributed by atoms with van der Waals surface area (Å²) in [5, 5.41) is 8.81. The van der Waals surface area contributed by atoms with E-state index in [4.69, 9.17) is 5.11 Å². The Kier molecular flexibility index (Phi) is 6.05. The summed E-state index contributed by atoms with van der Waals surface area (Å²) in [6.45, 7) is 1.28. The second kappa shape index (κ2) is 8.78. The number of carbonyl (C=O) groups is 2.